The van der Waals surface area contributed by atoms with Gasteiger partial charge in [-0.3, -0.25) is 0 Å². The first-order valence-electron chi connectivity index (χ1n) is 6.03. The number of nitrogens with two attached hydrogens (primary N) is 1. The minimum Gasteiger partial charge on any atom is -0.379 e. The van der Waals surface area contributed by atoms with Crippen molar-refractivity contribution < 1.29 is 9.13 Å². The summed E-state index contributed by atoms with van der Waals surface area (Å²) in [6, 6.07) is 6.80. The minimum absolute atomic E-state index is 0.226. The third kappa shape index (κ3) is 1.82. The second-order valence-corrected chi connectivity index (χ2v) is 5.74. The maximum absolute atomic E-state index is 14.1. The predicted octanol–water partition coefficient (Wildman–Crippen LogP) is 2.12. The van der Waals surface area contributed by atoms with Crippen molar-refractivity contribution in [2.24, 2.45) is 16.6 Å². The van der Waals surface area contributed by atoms with E-state index in [1.807, 2.05) is 6.07 Å². The second-order valence-electron chi connectivity index (χ2n) is 4.70. The van der Waals surface area contributed by atoms with E-state index in [0.29, 0.717) is 23.3 Å². The van der Waals surface area contributed by atoms with E-state index in [-0.39, 0.29) is 5.82 Å². The van der Waals surface area contributed by atoms with Gasteiger partial charge in [-0.25, -0.2) is 9.38 Å². The summed E-state index contributed by atoms with van der Waals surface area (Å²) >= 11 is 1.55. The SMILES string of the molecule is NC1=NC2(c3ccccc3F)COCCC2CS1. The van der Waals surface area contributed by atoms with Crippen LogP contribution >= 0.6 is 11.8 Å². The maximum atomic E-state index is 14.1. The van der Waals surface area contributed by atoms with Gasteiger partial charge in [0.1, 0.15) is 11.4 Å². The first kappa shape index (κ1) is 12.0. The molecule has 96 valence electrons. The van der Waals surface area contributed by atoms with Gasteiger partial charge in [-0.2, -0.15) is 0 Å². The van der Waals surface area contributed by atoms with E-state index in [1.54, 1.807) is 23.9 Å². The number of nitrogens with zero attached hydrogens (tertiary/aromatic N) is 1. The first-order chi connectivity index (χ1) is 8.72. The molecule has 0 saturated carbocycles. The summed E-state index contributed by atoms with van der Waals surface area (Å²) < 4.78 is 19.7. The highest BCUT2D eigenvalue weighted by Crippen LogP contribution is 2.44. The number of aliphatic imine (C=N–C) groups is 1. The Morgan fingerprint density at radius 1 is 1.44 bits per heavy atom. The zero-order chi connectivity index (χ0) is 12.6. The van der Waals surface area contributed by atoms with E-state index in [9.17, 15) is 4.39 Å². The highest BCUT2D eigenvalue weighted by atomic mass is 32.2. The van der Waals surface area contributed by atoms with E-state index in [4.69, 9.17) is 10.5 Å². The van der Waals surface area contributed by atoms with E-state index < -0.39 is 5.54 Å². The van der Waals surface area contributed by atoms with Crippen LogP contribution in [0, 0.1) is 11.7 Å². The zero-order valence-electron chi connectivity index (χ0n) is 9.93. The molecule has 1 aromatic rings. The molecule has 3 rings (SSSR count). The normalized spacial score (nSPS) is 31.6. The number of halogens is 1. The molecule has 2 heterocycles. The third-order valence-electron chi connectivity index (χ3n) is 3.69. The van der Waals surface area contributed by atoms with Crippen molar-refractivity contribution in [2.75, 3.05) is 19.0 Å². The Morgan fingerprint density at radius 3 is 3.11 bits per heavy atom. The van der Waals surface area contributed by atoms with Crippen LogP contribution in [0.5, 0.6) is 0 Å². The molecule has 5 heteroatoms. The standard InChI is InChI=1S/C13H15FN2OS/c14-11-4-2-1-3-10(11)13-8-17-6-5-9(13)7-18-12(15)16-13/h1-4,9H,5-8H2,(H2,15,16). The lowest BCUT2D eigenvalue weighted by Crippen LogP contribution is -2.48. The number of amidine groups is 1. The molecule has 0 spiro atoms. The van der Waals surface area contributed by atoms with Crippen molar-refractivity contribution >= 4 is 16.9 Å². The van der Waals surface area contributed by atoms with Crippen molar-refractivity contribution in [3.63, 3.8) is 0 Å². The molecule has 2 N–H and O–H groups in total. The summed E-state index contributed by atoms with van der Waals surface area (Å²) in [6.45, 7) is 1.14. The number of fused-ring (bicyclic) bond motifs is 1. The summed E-state index contributed by atoms with van der Waals surface area (Å²) in [7, 11) is 0. The molecule has 3 nitrogen and oxygen atoms in total. The number of ether oxygens (including phenoxy) is 1. The average Bonchev–Trinajstić information content (AvgIpc) is 2.38. The van der Waals surface area contributed by atoms with Crippen molar-refractivity contribution in [1.29, 1.82) is 0 Å². The Morgan fingerprint density at radius 2 is 2.28 bits per heavy atom. The van der Waals surface area contributed by atoms with Gasteiger partial charge in [0.05, 0.1) is 6.61 Å². The van der Waals surface area contributed by atoms with Gasteiger partial charge in [-0.05, 0) is 12.5 Å². The lowest BCUT2D eigenvalue weighted by Gasteiger charge is -2.43. The molecule has 1 saturated heterocycles. The molecule has 18 heavy (non-hydrogen) atoms. The number of rotatable bonds is 1. The largest absolute Gasteiger partial charge is 0.379 e. The van der Waals surface area contributed by atoms with E-state index in [0.717, 1.165) is 18.8 Å². The molecule has 0 bridgehead atoms. The Balaban J connectivity index is 2.13. The van der Waals surface area contributed by atoms with Gasteiger partial charge in [0, 0.05) is 23.8 Å². The lowest BCUT2D eigenvalue weighted by molar-refractivity contribution is 0.00301. The number of thioether (sulfide) groups is 1. The van der Waals surface area contributed by atoms with Crippen LogP contribution in [-0.2, 0) is 10.3 Å². The molecule has 0 aromatic heterocycles. The molecule has 0 radical (unpaired) electrons. The Hall–Kier alpha value is -1.07. The fourth-order valence-corrected chi connectivity index (χ4v) is 3.78. The Bertz CT molecular complexity index is 494. The van der Waals surface area contributed by atoms with Gasteiger partial charge in [0.15, 0.2) is 5.17 Å². The summed E-state index contributed by atoms with van der Waals surface area (Å²) in [5.41, 5.74) is 5.83. The summed E-state index contributed by atoms with van der Waals surface area (Å²) in [5, 5.41) is 0.528. The van der Waals surface area contributed by atoms with E-state index in [1.165, 1.54) is 6.07 Å². The summed E-state index contributed by atoms with van der Waals surface area (Å²) in [4.78, 5) is 4.56. The molecule has 1 fully saturated rings. The van der Waals surface area contributed by atoms with Crippen LogP contribution in [0.2, 0.25) is 0 Å². The van der Waals surface area contributed by atoms with Gasteiger partial charge in [0.25, 0.3) is 0 Å². The number of hydrogen-bond acceptors (Lipinski definition) is 4. The molecular weight excluding hydrogens is 251 g/mol. The van der Waals surface area contributed by atoms with Crippen LogP contribution in [0.15, 0.2) is 29.3 Å². The molecule has 2 unspecified atom stereocenters. The van der Waals surface area contributed by atoms with Gasteiger partial charge < -0.3 is 10.5 Å². The summed E-state index contributed by atoms with van der Waals surface area (Å²) in [5.74, 6) is 0.949. The van der Waals surface area contributed by atoms with E-state index in [2.05, 4.69) is 4.99 Å². The Kier molecular flexibility index (Phi) is 3.03. The third-order valence-corrected chi connectivity index (χ3v) is 4.65. The topological polar surface area (TPSA) is 47.6 Å². The van der Waals surface area contributed by atoms with Crippen LogP contribution in [-0.4, -0.2) is 24.1 Å². The highest BCUT2D eigenvalue weighted by molar-refractivity contribution is 8.13. The average molecular weight is 266 g/mol. The van der Waals surface area contributed by atoms with Gasteiger partial charge in [-0.1, -0.05) is 30.0 Å². The predicted molar refractivity (Wildman–Crippen MR) is 71.1 cm³/mol. The quantitative estimate of drug-likeness (QED) is 0.847. The van der Waals surface area contributed by atoms with Crippen LogP contribution in [0.1, 0.15) is 12.0 Å². The van der Waals surface area contributed by atoms with Crippen LogP contribution < -0.4 is 5.73 Å². The van der Waals surface area contributed by atoms with Crippen molar-refractivity contribution in [3.05, 3.63) is 35.6 Å². The van der Waals surface area contributed by atoms with Gasteiger partial charge in [0.2, 0.25) is 0 Å². The molecule has 2 aliphatic heterocycles. The highest BCUT2D eigenvalue weighted by Gasteiger charge is 2.46. The summed E-state index contributed by atoms with van der Waals surface area (Å²) in [6.07, 6.45) is 0.901. The Labute approximate surface area is 110 Å². The first-order valence-corrected chi connectivity index (χ1v) is 7.02. The fraction of sp³-hybridized carbons (Fsp3) is 0.462. The van der Waals surface area contributed by atoms with Crippen LogP contribution in [0.3, 0.4) is 0 Å². The smallest absolute Gasteiger partial charge is 0.154 e. The fourth-order valence-electron chi connectivity index (χ4n) is 2.74. The number of hydrogen-bond donors (Lipinski definition) is 1. The lowest BCUT2D eigenvalue weighted by atomic mass is 9.76. The molecular formula is C13H15FN2OS. The molecule has 0 aliphatic carbocycles. The molecule has 1 aromatic carbocycles. The molecule has 2 atom stereocenters. The van der Waals surface area contributed by atoms with E-state index >= 15 is 0 Å². The monoisotopic (exact) mass is 266 g/mol. The van der Waals surface area contributed by atoms with Crippen LogP contribution in [0.25, 0.3) is 0 Å². The van der Waals surface area contributed by atoms with Crippen LogP contribution in [0.4, 0.5) is 4.39 Å². The van der Waals surface area contributed by atoms with Gasteiger partial charge in [-0.15, -0.1) is 0 Å². The van der Waals surface area contributed by atoms with Crippen molar-refractivity contribution in [3.8, 4) is 0 Å². The van der Waals surface area contributed by atoms with Gasteiger partial charge >= 0.3 is 0 Å². The molecule has 0 amide bonds. The molecule has 2 aliphatic rings. The van der Waals surface area contributed by atoms with Crippen molar-refractivity contribution in [2.45, 2.75) is 12.0 Å². The minimum atomic E-state index is -0.626. The van der Waals surface area contributed by atoms with Crippen molar-refractivity contribution in [1.82, 2.24) is 0 Å². The number of benzene rings is 1. The zero-order valence-corrected chi connectivity index (χ0v) is 10.8. The second kappa shape index (κ2) is 4.55. The maximum Gasteiger partial charge on any atom is 0.154 e.